The summed E-state index contributed by atoms with van der Waals surface area (Å²) in [7, 11) is -2.16. The molecule has 0 aliphatic carbocycles. The minimum absolute atomic E-state index is 0.0755. The predicted molar refractivity (Wildman–Crippen MR) is 98.1 cm³/mol. The second-order valence-corrected chi connectivity index (χ2v) is 7.65. The van der Waals surface area contributed by atoms with Crippen molar-refractivity contribution in [3.8, 4) is 11.5 Å². The van der Waals surface area contributed by atoms with Crippen molar-refractivity contribution < 1.29 is 41.0 Å². The molecule has 11 heteroatoms. The first-order chi connectivity index (χ1) is 13.6. The van der Waals surface area contributed by atoms with E-state index in [2.05, 4.69) is 10.1 Å². The smallest absolute Gasteiger partial charge is 0.387 e. The quantitative estimate of drug-likeness (QED) is 0.643. The number of carbonyl (C=O) groups excluding carboxylic acids is 2. The number of methoxy groups -OCH3 is 1. The van der Waals surface area contributed by atoms with Gasteiger partial charge in [-0.15, -0.1) is 0 Å². The van der Waals surface area contributed by atoms with Crippen LogP contribution in [0.15, 0.2) is 47.4 Å². The van der Waals surface area contributed by atoms with E-state index in [1.54, 1.807) is 0 Å². The maximum Gasteiger partial charge on any atom is 0.387 e. The van der Waals surface area contributed by atoms with Crippen LogP contribution in [0.4, 0.5) is 14.5 Å². The second kappa shape index (κ2) is 9.32. The van der Waals surface area contributed by atoms with E-state index in [0.29, 0.717) is 0 Å². The predicted octanol–water partition coefficient (Wildman–Crippen LogP) is 2.50. The SMILES string of the molecule is COc1cccc(C(=O)OCC(=O)Nc2ccc(S(C)(=O)=O)cc2)c1OC(F)F. The van der Waals surface area contributed by atoms with Crippen molar-refractivity contribution in [3.63, 3.8) is 0 Å². The van der Waals surface area contributed by atoms with Gasteiger partial charge in [0.15, 0.2) is 27.9 Å². The van der Waals surface area contributed by atoms with Gasteiger partial charge in [0.05, 0.1) is 12.0 Å². The van der Waals surface area contributed by atoms with Crippen LogP contribution in [0, 0.1) is 0 Å². The molecule has 0 saturated heterocycles. The van der Waals surface area contributed by atoms with E-state index in [1.807, 2.05) is 0 Å². The number of nitrogens with one attached hydrogen (secondary N) is 1. The molecule has 2 aromatic rings. The van der Waals surface area contributed by atoms with Crippen LogP contribution in [0.3, 0.4) is 0 Å². The standard InChI is InChI=1S/C18H17F2NO7S/c1-26-14-5-3-4-13(16(14)28-18(19)20)17(23)27-10-15(22)21-11-6-8-12(9-7-11)29(2,24)25/h3-9,18H,10H2,1-2H3,(H,21,22). The molecule has 2 rings (SSSR count). The van der Waals surface area contributed by atoms with Crippen molar-refractivity contribution in [3.05, 3.63) is 48.0 Å². The average molecular weight is 429 g/mol. The second-order valence-electron chi connectivity index (χ2n) is 5.64. The highest BCUT2D eigenvalue weighted by Gasteiger charge is 2.22. The lowest BCUT2D eigenvalue weighted by molar-refractivity contribution is -0.119. The molecule has 0 saturated carbocycles. The Morgan fingerprint density at radius 1 is 1.10 bits per heavy atom. The molecule has 29 heavy (non-hydrogen) atoms. The number of esters is 1. The molecule has 0 bridgehead atoms. The Labute approximate surface area is 165 Å². The van der Waals surface area contributed by atoms with Crippen molar-refractivity contribution in [2.75, 3.05) is 25.3 Å². The topological polar surface area (TPSA) is 108 Å². The summed E-state index contributed by atoms with van der Waals surface area (Å²) in [6, 6.07) is 9.23. The van der Waals surface area contributed by atoms with Crippen LogP contribution in [-0.4, -0.2) is 46.9 Å². The Hall–Kier alpha value is -3.21. The van der Waals surface area contributed by atoms with Gasteiger partial charge < -0.3 is 19.5 Å². The lowest BCUT2D eigenvalue weighted by Gasteiger charge is -2.13. The van der Waals surface area contributed by atoms with Gasteiger partial charge in [-0.3, -0.25) is 4.79 Å². The van der Waals surface area contributed by atoms with Crippen LogP contribution in [-0.2, 0) is 19.4 Å². The molecule has 0 aromatic heterocycles. The number of halogens is 2. The highest BCUT2D eigenvalue weighted by molar-refractivity contribution is 7.90. The molecule has 0 radical (unpaired) electrons. The summed E-state index contributed by atoms with van der Waals surface area (Å²) in [5, 5.41) is 2.41. The van der Waals surface area contributed by atoms with Crippen molar-refractivity contribution in [1.29, 1.82) is 0 Å². The van der Waals surface area contributed by atoms with Gasteiger partial charge in [0.2, 0.25) is 0 Å². The Balaban J connectivity index is 2.03. The summed E-state index contributed by atoms with van der Waals surface area (Å²) < 4.78 is 62.1. The molecule has 8 nitrogen and oxygen atoms in total. The zero-order chi connectivity index (χ0) is 21.6. The monoisotopic (exact) mass is 429 g/mol. The number of anilines is 1. The van der Waals surface area contributed by atoms with E-state index in [-0.39, 0.29) is 21.9 Å². The number of amides is 1. The Morgan fingerprint density at radius 3 is 2.31 bits per heavy atom. The molecule has 156 valence electrons. The third-order valence-corrected chi connectivity index (χ3v) is 4.65. The number of hydrogen-bond acceptors (Lipinski definition) is 7. The molecule has 0 heterocycles. The van der Waals surface area contributed by atoms with E-state index in [4.69, 9.17) is 9.47 Å². The molecule has 0 unspecified atom stereocenters. The summed E-state index contributed by atoms with van der Waals surface area (Å²) in [5.74, 6) is -2.39. The fourth-order valence-corrected chi connectivity index (χ4v) is 2.87. The molecular weight excluding hydrogens is 412 g/mol. The van der Waals surface area contributed by atoms with Crippen molar-refractivity contribution >= 4 is 27.4 Å². The zero-order valence-electron chi connectivity index (χ0n) is 15.3. The molecule has 0 aliphatic rings. The summed E-state index contributed by atoms with van der Waals surface area (Å²) in [4.78, 5) is 24.2. The minimum atomic E-state index is -3.38. The van der Waals surface area contributed by atoms with E-state index < -0.39 is 40.7 Å². The summed E-state index contributed by atoms with van der Waals surface area (Å²) >= 11 is 0. The number of para-hydroxylation sites is 1. The normalized spacial score (nSPS) is 11.1. The molecule has 2 aromatic carbocycles. The van der Waals surface area contributed by atoms with E-state index in [0.717, 1.165) is 6.26 Å². The number of ether oxygens (including phenoxy) is 3. The minimum Gasteiger partial charge on any atom is -0.493 e. The lowest BCUT2D eigenvalue weighted by atomic mass is 10.2. The van der Waals surface area contributed by atoms with Gasteiger partial charge >= 0.3 is 12.6 Å². The van der Waals surface area contributed by atoms with Crippen molar-refractivity contribution in [1.82, 2.24) is 0 Å². The number of benzene rings is 2. The summed E-state index contributed by atoms with van der Waals surface area (Å²) in [6.07, 6.45) is 1.05. The van der Waals surface area contributed by atoms with Crippen LogP contribution in [0.25, 0.3) is 0 Å². The number of hydrogen-bond donors (Lipinski definition) is 1. The first-order valence-corrected chi connectivity index (χ1v) is 9.90. The molecule has 0 atom stereocenters. The van der Waals surface area contributed by atoms with Gasteiger partial charge in [-0.1, -0.05) is 6.07 Å². The van der Waals surface area contributed by atoms with Crippen LogP contribution in [0.1, 0.15) is 10.4 Å². The van der Waals surface area contributed by atoms with Gasteiger partial charge in [-0.05, 0) is 36.4 Å². The largest absolute Gasteiger partial charge is 0.493 e. The molecule has 0 spiro atoms. The van der Waals surface area contributed by atoms with Crippen LogP contribution >= 0.6 is 0 Å². The van der Waals surface area contributed by atoms with Crippen LogP contribution < -0.4 is 14.8 Å². The van der Waals surface area contributed by atoms with Gasteiger partial charge in [0.1, 0.15) is 5.56 Å². The number of alkyl halides is 2. The first-order valence-electron chi connectivity index (χ1n) is 8.00. The highest BCUT2D eigenvalue weighted by Crippen LogP contribution is 2.32. The maximum absolute atomic E-state index is 12.6. The van der Waals surface area contributed by atoms with Crippen molar-refractivity contribution in [2.45, 2.75) is 11.5 Å². The summed E-state index contributed by atoms with van der Waals surface area (Å²) in [6.45, 7) is -3.91. The number of rotatable bonds is 8. The molecule has 1 N–H and O–H groups in total. The van der Waals surface area contributed by atoms with Crippen molar-refractivity contribution in [2.24, 2.45) is 0 Å². The number of sulfone groups is 1. The lowest BCUT2D eigenvalue weighted by Crippen LogP contribution is -2.21. The third-order valence-electron chi connectivity index (χ3n) is 3.53. The molecule has 1 amide bonds. The van der Waals surface area contributed by atoms with Gasteiger partial charge in [-0.25, -0.2) is 13.2 Å². The highest BCUT2D eigenvalue weighted by atomic mass is 32.2. The number of carbonyl (C=O) groups is 2. The zero-order valence-corrected chi connectivity index (χ0v) is 16.2. The van der Waals surface area contributed by atoms with Gasteiger partial charge in [-0.2, -0.15) is 8.78 Å². The first kappa shape index (κ1) is 22.1. The van der Waals surface area contributed by atoms with Crippen LogP contribution in [0.2, 0.25) is 0 Å². The van der Waals surface area contributed by atoms with Gasteiger partial charge in [0.25, 0.3) is 5.91 Å². The van der Waals surface area contributed by atoms with Gasteiger partial charge in [0, 0.05) is 11.9 Å². The fraction of sp³-hybridized carbons (Fsp3) is 0.222. The molecule has 0 fully saturated rings. The molecule has 0 aliphatic heterocycles. The van der Waals surface area contributed by atoms with E-state index >= 15 is 0 Å². The Kier molecular flexibility index (Phi) is 7.10. The maximum atomic E-state index is 12.6. The summed E-state index contributed by atoms with van der Waals surface area (Å²) in [5.41, 5.74) is -0.0588. The third kappa shape index (κ3) is 6.14. The Bertz CT molecular complexity index is 992. The van der Waals surface area contributed by atoms with E-state index in [1.165, 1.54) is 49.6 Å². The average Bonchev–Trinajstić information content (AvgIpc) is 2.65. The Morgan fingerprint density at radius 2 is 1.76 bits per heavy atom. The van der Waals surface area contributed by atoms with Crippen LogP contribution in [0.5, 0.6) is 11.5 Å². The van der Waals surface area contributed by atoms with E-state index in [9.17, 15) is 26.8 Å². The fourth-order valence-electron chi connectivity index (χ4n) is 2.24. The molecular formula is C18H17F2NO7S.